The van der Waals surface area contributed by atoms with Gasteiger partial charge in [0.05, 0.1) is 33.2 Å². The van der Waals surface area contributed by atoms with Crippen molar-refractivity contribution >= 4 is 41.1 Å². The molecule has 3 rings (SSSR count). The molecule has 2 aliphatic heterocycles. The predicted molar refractivity (Wildman–Crippen MR) is 104 cm³/mol. The standard InChI is InChI=1S/C16H22N2O7S3/c1-11(19)17-12-2-4-14(5-3-12)28(24,25)16-10-27(22,23)9-15(16)18-13-6-7-26(20,21)8-13/h2-5,13,15-16,18H,6-10H2,1H3,(H,17,19)/t13?,15-,16-/m0/s1. The van der Waals surface area contributed by atoms with E-state index in [2.05, 4.69) is 10.6 Å². The van der Waals surface area contributed by atoms with Crippen molar-refractivity contribution in [1.82, 2.24) is 5.32 Å². The first-order chi connectivity index (χ1) is 12.9. The van der Waals surface area contributed by atoms with Crippen molar-refractivity contribution < 1.29 is 30.0 Å². The van der Waals surface area contributed by atoms with Crippen LogP contribution in [0.5, 0.6) is 0 Å². The zero-order valence-corrected chi connectivity index (χ0v) is 17.6. The summed E-state index contributed by atoms with van der Waals surface area (Å²) in [5.41, 5.74) is 0.427. The Bertz CT molecular complexity index is 1080. The van der Waals surface area contributed by atoms with E-state index in [1.807, 2.05) is 0 Å². The molecule has 0 radical (unpaired) electrons. The van der Waals surface area contributed by atoms with Crippen molar-refractivity contribution in [2.45, 2.75) is 35.6 Å². The molecule has 1 unspecified atom stereocenters. The van der Waals surface area contributed by atoms with Crippen LogP contribution < -0.4 is 10.6 Å². The predicted octanol–water partition coefficient (Wildman–Crippen LogP) is -0.639. The van der Waals surface area contributed by atoms with Crippen LogP contribution in [0.3, 0.4) is 0 Å². The minimum absolute atomic E-state index is 0.00612. The maximum absolute atomic E-state index is 13.1. The molecule has 3 atom stereocenters. The van der Waals surface area contributed by atoms with Gasteiger partial charge in [-0.3, -0.25) is 4.79 Å². The summed E-state index contributed by atoms with van der Waals surface area (Å²) >= 11 is 0. The highest BCUT2D eigenvalue weighted by Gasteiger charge is 2.47. The SMILES string of the molecule is CC(=O)Nc1ccc(S(=O)(=O)[C@H]2CS(=O)(=O)C[C@@H]2NC2CCS(=O)(=O)C2)cc1. The average molecular weight is 451 g/mol. The molecule has 2 saturated heterocycles. The molecule has 0 aromatic heterocycles. The quantitative estimate of drug-likeness (QED) is 0.603. The lowest BCUT2D eigenvalue weighted by Gasteiger charge is -2.23. The third kappa shape index (κ3) is 4.73. The van der Waals surface area contributed by atoms with Gasteiger partial charge in [-0.25, -0.2) is 25.3 Å². The topological polar surface area (TPSA) is 144 Å². The highest BCUT2D eigenvalue weighted by atomic mass is 32.2. The third-order valence-electron chi connectivity index (χ3n) is 4.88. The van der Waals surface area contributed by atoms with E-state index in [9.17, 15) is 30.0 Å². The Labute approximate surface area is 164 Å². The molecule has 0 spiro atoms. The smallest absolute Gasteiger partial charge is 0.221 e. The molecule has 2 heterocycles. The lowest BCUT2D eigenvalue weighted by atomic mass is 10.2. The molecule has 2 aliphatic rings. The van der Waals surface area contributed by atoms with Gasteiger partial charge in [-0.15, -0.1) is 0 Å². The summed E-state index contributed by atoms with van der Waals surface area (Å²) in [6, 6.07) is 4.19. The Morgan fingerprint density at radius 3 is 2.18 bits per heavy atom. The van der Waals surface area contributed by atoms with Gasteiger partial charge in [0.15, 0.2) is 29.5 Å². The number of hydrogen-bond donors (Lipinski definition) is 2. The Kier molecular flexibility index (Phi) is 5.60. The number of rotatable bonds is 5. The number of benzene rings is 1. The lowest BCUT2D eigenvalue weighted by Crippen LogP contribution is -2.48. The maximum Gasteiger partial charge on any atom is 0.221 e. The van der Waals surface area contributed by atoms with E-state index in [0.717, 1.165) is 0 Å². The number of nitrogens with one attached hydrogen (secondary N) is 2. The van der Waals surface area contributed by atoms with Crippen molar-refractivity contribution in [3.8, 4) is 0 Å². The fourth-order valence-corrected chi connectivity index (χ4v) is 9.98. The van der Waals surface area contributed by atoms with Crippen LogP contribution in [-0.2, 0) is 34.3 Å². The van der Waals surface area contributed by atoms with Gasteiger partial charge in [0, 0.05) is 24.7 Å². The molecule has 12 heteroatoms. The molecule has 9 nitrogen and oxygen atoms in total. The summed E-state index contributed by atoms with van der Waals surface area (Å²) in [5, 5.41) is 4.29. The second-order valence-corrected chi connectivity index (χ2v) is 13.8. The summed E-state index contributed by atoms with van der Waals surface area (Å²) < 4.78 is 73.7. The first-order valence-electron chi connectivity index (χ1n) is 8.66. The molecular formula is C16H22N2O7S3. The van der Waals surface area contributed by atoms with Crippen LogP contribution in [0.15, 0.2) is 29.2 Å². The van der Waals surface area contributed by atoms with Crippen molar-refractivity contribution in [3.05, 3.63) is 24.3 Å². The second-order valence-electron chi connectivity index (χ2n) is 7.24. The highest BCUT2D eigenvalue weighted by molar-refractivity contribution is 7.96. The van der Waals surface area contributed by atoms with E-state index < -0.39 is 52.6 Å². The highest BCUT2D eigenvalue weighted by Crippen LogP contribution is 2.28. The molecule has 1 amide bonds. The fourth-order valence-electron chi connectivity index (χ4n) is 3.61. The fraction of sp³-hybridized carbons (Fsp3) is 0.562. The van der Waals surface area contributed by atoms with Gasteiger partial charge in [-0.1, -0.05) is 0 Å². The van der Waals surface area contributed by atoms with E-state index >= 15 is 0 Å². The first kappa shape index (κ1) is 21.2. The van der Waals surface area contributed by atoms with Crippen molar-refractivity contribution in [2.24, 2.45) is 0 Å². The Hall–Kier alpha value is -1.50. The second kappa shape index (κ2) is 7.39. The molecule has 0 bridgehead atoms. The van der Waals surface area contributed by atoms with Crippen LogP contribution in [0.1, 0.15) is 13.3 Å². The number of anilines is 1. The van der Waals surface area contributed by atoms with E-state index in [-0.39, 0.29) is 28.1 Å². The summed E-state index contributed by atoms with van der Waals surface area (Å²) in [6.07, 6.45) is 0.330. The number of carbonyl (C=O) groups is 1. The number of sulfone groups is 3. The number of amides is 1. The van der Waals surface area contributed by atoms with Crippen LogP contribution >= 0.6 is 0 Å². The molecule has 0 aliphatic carbocycles. The zero-order valence-electron chi connectivity index (χ0n) is 15.2. The number of carbonyl (C=O) groups excluding carboxylic acids is 1. The molecular weight excluding hydrogens is 428 g/mol. The molecule has 0 saturated carbocycles. The largest absolute Gasteiger partial charge is 0.326 e. The summed E-state index contributed by atoms with van der Waals surface area (Å²) in [4.78, 5) is 11.0. The van der Waals surface area contributed by atoms with Crippen LogP contribution in [0.25, 0.3) is 0 Å². The van der Waals surface area contributed by atoms with Gasteiger partial charge in [0.1, 0.15) is 0 Å². The van der Waals surface area contributed by atoms with Crippen molar-refractivity contribution in [1.29, 1.82) is 0 Å². The zero-order chi connectivity index (χ0) is 20.7. The van der Waals surface area contributed by atoms with Gasteiger partial charge >= 0.3 is 0 Å². The normalized spacial score (nSPS) is 28.8. The molecule has 2 fully saturated rings. The van der Waals surface area contributed by atoms with Crippen molar-refractivity contribution in [2.75, 3.05) is 28.3 Å². The van der Waals surface area contributed by atoms with Gasteiger partial charge in [-0.05, 0) is 30.7 Å². The summed E-state index contributed by atoms with van der Waals surface area (Å²) in [7, 11) is -10.7. The van der Waals surface area contributed by atoms with Crippen LogP contribution in [0, 0.1) is 0 Å². The average Bonchev–Trinajstić information content (AvgIpc) is 3.06. The molecule has 2 N–H and O–H groups in total. The van der Waals surface area contributed by atoms with Crippen molar-refractivity contribution in [3.63, 3.8) is 0 Å². The van der Waals surface area contributed by atoms with Gasteiger partial charge in [-0.2, -0.15) is 0 Å². The molecule has 156 valence electrons. The minimum Gasteiger partial charge on any atom is -0.326 e. The van der Waals surface area contributed by atoms with E-state index in [4.69, 9.17) is 0 Å². The van der Waals surface area contributed by atoms with Gasteiger partial charge in [0.2, 0.25) is 5.91 Å². The maximum atomic E-state index is 13.1. The molecule has 28 heavy (non-hydrogen) atoms. The lowest BCUT2D eigenvalue weighted by molar-refractivity contribution is -0.114. The van der Waals surface area contributed by atoms with E-state index in [1.165, 1.54) is 31.2 Å². The Morgan fingerprint density at radius 1 is 1.00 bits per heavy atom. The van der Waals surface area contributed by atoms with Crippen LogP contribution in [0.4, 0.5) is 5.69 Å². The molecule has 1 aromatic carbocycles. The minimum atomic E-state index is -3.98. The first-order valence-corrected chi connectivity index (χ1v) is 13.9. The Morgan fingerprint density at radius 2 is 1.64 bits per heavy atom. The molecule has 1 aromatic rings. The van der Waals surface area contributed by atoms with Gasteiger partial charge < -0.3 is 10.6 Å². The Balaban J connectivity index is 1.84. The third-order valence-corrected chi connectivity index (χ3v) is 10.8. The number of hydrogen-bond acceptors (Lipinski definition) is 8. The monoisotopic (exact) mass is 450 g/mol. The van der Waals surface area contributed by atoms with E-state index in [0.29, 0.717) is 12.1 Å². The van der Waals surface area contributed by atoms with Gasteiger partial charge in [0.25, 0.3) is 0 Å². The van der Waals surface area contributed by atoms with E-state index in [1.54, 1.807) is 0 Å². The van der Waals surface area contributed by atoms with Crippen LogP contribution in [-0.4, -0.2) is 71.5 Å². The summed E-state index contributed by atoms with van der Waals surface area (Å²) in [5.74, 6) is -1.28. The summed E-state index contributed by atoms with van der Waals surface area (Å²) in [6.45, 7) is 1.33. The van der Waals surface area contributed by atoms with Crippen LogP contribution in [0.2, 0.25) is 0 Å².